The summed E-state index contributed by atoms with van der Waals surface area (Å²) >= 11 is 0. The highest BCUT2D eigenvalue weighted by Gasteiger charge is 2.30. The van der Waals surface area contributed by atoms with Crippen molar-refractivity contribution in [1.82, 2.24) is 14.5 Å². The molecule has 0 saturated carbocycles. The minimum atomic E-state index is -1.06. The van der Waals surface area contributed by atoms with Gasteiger partial charge in [-0.1, -0.05) is 13.8 Å². The molecule has 0 aliphatic carbocycles. The van der Waals surface area contributed by atoms with Gasteiger partial charge >= 0.3 is 5.97 Å². The highest BCUT2D eigenvalue weighted by molar-refractivity contribution is 5.89. The molecule has 1 N–H and O–H groups in total. The van der Waals surface area contributed by atoms with Crippen molar-refractivity contribution in [2.24, 2.45) is 5.92 Å². The van der Waals surface area contributed by atoms with E-state index in [1.807, 2.05) is 0 Å². The van der Waals surface area contributed by atoms with Crippen LogP contribution in [0, 0.1) is 5.92 Å². The van der Waals surface area contributed by atoms with Gasteiger partial charge in [0.15, 0.2) is 5.69 Å². The number of hydrogen-bond acceptors (Lipinski definition) is 5. The van der Waals surface area contributed by atoms with E-state index in [1.165, 1.54) is 12.5 Å². The molecule has 1 aliphatic heterocycles. The van der Waals surface area contributed by atoms with E-state index >= 15 is 0 Å². The first kappa shape index (κ1) is 17.3. The number of aryl methyl sites for hydroxylation is 1. The Kier molecular flexibility index (Phi) is 4.22. The fourth-order valence-electron chi connectivity index (χ4n) is 3.71. The smallest absolute Gasteiger partial charge is 0.372 e. The average Bonchev–Trinajstić information content (AvgIpc) is 3.28. The molecule has 1 aliphatic rings. The molecule has 27 heavy (non-hydrogen) atoms. The average molecular weight is 367 g/mol. The Bertz CT molecular complexity index is 1000. The zero-order chi connectivity index (χ0) is 19.1. The summed E-state index contributed by atoms with van der Waals surface area (Å²) in [5, 5.41) is 9.60. The van der Waals surface area contributed by atoms with Crippen LogP contribution < -0.4 is 4.74 Å². The van der Waals surface area contributed by atoms with Crippen LogP contribution in [0.15, 0.2) is 29.0 Å². The van der Waals surface area contributed by atoms with Crippen molar-refractivity contribution in [2.75, 3.05) is 7.11 Å². The number of hydrogen-bond donors (Lipinski definition) is 1. The van der Waals surface area contributed by atoms with Crippen LogP contribution >= 0.6 is 0 Å². The number of aromatic carboxylic acids is 1. The highest BCUT2D eigenvalue weighted by atomic mass is 16.5. The van der Waals surface area contributed by atoms with Crippen molar-refractivity contribution in [2.45, 2.75) is 33.2 Å². The molecule has 3 aromatic rings. The monoisotopic (exact) mass is 367 g/mol. The van der Waals surface area contributed by atoms with E-state index in [0.717, 1.165) is 34.6 Å². The van der Waals surface area contributed by atoms with Gasteiger partial charge in [0.2, 0.25) is 11.7 Å². The minimum absolute atomic E-state index is 0.00470. The second kappa shape index (κ2) is 6.57. The molecule has 3 heterocycles. The summed E-state index contributed by atoms with van der Waals surface area (Å²) in [4.78, 5) is 20.3. The molecule has 0 saturated heterocycles. The number of aromatic nitrogens is 3. The van der Waals surface area contributed by atoms with Crippen molar-refractivity contribution in [1.29, 1.82) is 0 Å². The van der Waals surface area contributed by atoms with E-state index in [-0.39, 0.29) is 5.82 Å². The Hall–Kier alpha value is -3.09. The summed E-state index contributed by atoms with van der Waals surface area (Å²) in [7, 11) is 1.68. The molecule has 0 atom stereocenters. The largest absolute Gasteiger partial charge is 0.496 e. The summed E-state index contributed by atoms with van der Waals surface area (Å²) in [6, 6.07) is 4.16. The van der Waals surface area contributed by atoms with Gasteiger partial charge in [0, 0.05) is 12.1 Å². The Balaban J connectivity index is 1.97. The van der Waals surface area contributed by atoms with Crippen molar-refractivity contribution in [3.05, 3.63) is 41.5 Å². The maximum atomic E-state index is 11.7. The molecule has 140 valence electrons. The minimum Gasteiger partial charge on any atom is -0.496 e. The van der Waals surface area contributed by atoms with Crippen LogP contribution in [0.5, 0.6) is 5.75 Å². The lowest BCUT2D eigenvalue weighted by atomic mass is 9.91. The summed E-state index contributed by atoms with van der Waals surface area (Å²) in [6.07, 6.45) is 4.57. The predicted molar refractivity (Wildman–Crippen MR) is 98.9 cm³/mol. The molecule has 2 aromatic heterocycles. The Morgan fingerprint density at radius 2 is 2.22 bits per heavy atom. The predicted octanol–water partition coefficient (Wildman–Crippen LogP) is 3.67. The van der Waals surface area contributed by atoms with Crippen LogP contribution in [0.3, 0.4) is 0 Å². The first-order valence-electron chi connectivity index (χ1n) is 8.93. The van der Waals surface area contributed by atoms with Crippen molar-refractivity contribution in [3.63, 3.8) is 0 Å². The van der Waals surface area contributed by atoms with Gasteiger partial charge in [-0.15, -0.1) is 0 Å². The summed E-state index contributed by atoms with van der Waals surface area (Å²) < 4.78 is 12.8. The normalized spacial score (nSPS) is 12.7. The second-order valence-electron chi connectivity index (χ2n) is 7.10. The second-order valence-corrected chi connectivity index (χ2v) is 7.10. The van der Waals surface area contributed by atoms with Crippen LogP contribution in [0.4, 0.5) is 0 Å². The molecule has 7 nitrogen and oxygen atoms in total. The van der Waals surface area contributed by atoms with Crippen LogP contribution in [0.2, 0.25) is 0 Å². The Morgan fingerprint density at radius 3 is 2.85 bits per heavy atom. The number of methoxy groups -OCH3 is 1. The van der Waals surface area contributed by atoms with E-state index < -0.39 is 5.97 Å². The topological polar surface area (TPSA) is 90.4 Å². The van der Waals surface area contributed by atoms with Crippen LogP contribution in [0.1, 0.15) is 35.6 Å². The van der Waals surface area contributed by atoms with Crippen LogP contribution in [0.25, 0.3) is 22.8 Å². The number of carbonyl (C=O) groups is 1. The maximum absolute atomic E-state index is 11.7. The fraction of sp³-hybridized carbons (Fsp3) is 0.350. The van der Waals surface area contributed by atoms with Crippen molar-refractivity contribution >= 4 is 5.97 Å². The summed E-state index contributed by atoms with van der Waals surface area (Å²) in [6.45, 7) is 4.85. The van der Waals surface area contributed by atoms with E-state index in [0.29, 0.717) is 30.5 Å². The number of ether oxygens (including phenoxy) is 1. The third-order valence-corrected chi connectivity index (χ3v) is 4.79. The molecule has 0 radical (unpaired) electrons. The standard InChI is InChI=1S/C20H21N3O4/c1-11(2)8-13-9-14-12(10-15(13)26-3)4-6-23-17(14)16(19-21-5-7-27-19)22-18(23)20(24)25/h5,7,9-11H,4,6,8H2,1-3H3,(H,24,25). The zero-order valence-corrected chi connectivity index (χ0v) is 15.5. The molecular formula is C20H21N3O4. The SMILES string of the molecule is COc1cc2c(cc1CC(C)C)-c1c(-c3ncco3)nc(C(=O)O)n1CC2. The Morgan fingerprint density at radius 1 is 1.41 bits per heavy atom. The number of oxazole rings is 1. The number of benzene rings is 1. The van der Waals surface area contributed by atoms with Gasteiger partial charge in [-0.05, 0) is 42.0 Å². The summed E-state index contributed by atoms with van der Waals surface area (Å²) in [5.41, 5.74) is 4.36. The quantitative estimate of drug-likeness (QED) is 0.740. The number of nitrogens with zero attached hydrogens (tertiary/aromatic N) is 3. The van der Waals surface area contributed by atoms with E-state index in [4.69, 9.17) is 9.15 Å². The summed E-state index contributed by atoms with van der Waals surface area (Å²) in [5.74, 6) is 0.594. The number of fused-ring (bicyclic) bond motifs is 3. The van der Waals surface area contributed by atoms with Gasteiger partial charge in [0.25, 0.3) is 0 Å². The number of rotatable bonds is 5. The molecule has 7 heteroatoms. The van der Waals surface area contributed by atoms with Crippen molar-refractivity contribution in [3.8, 4) is 28.6 Å². The van der Waals surface area contributed by atoms with E-state index in [1.54, 1.807) is 11.7 Å². The van der Waals surface area contributed by atoms with E-state index in [9.17, 15) is 9.90 Å². The zero-order valence-electron chi connectivity index (χ0n) is 15.5. The van der Waals surface area contributed by atoms with Crippen LogP contribution in [-0.4, -0.2) is 32.7 Å². The Labute approximate surface area is 156 Å². The third-order valence-electron chi connectivity index (χ3n) is 4.79. The number of imidazole rings is 1. The molecule has 0 fully saturated rings. The molecule has 0 unspecified atom stereocenters. The van der Waals surface area contributed by atoms with Crippen LogP contribution in [-0.2, 0) is 19.4 Å². The molecule has 0 bridgehead atoms. The van der Waals surface area contributed by atoms with Gasteiger partial charge in [-0.2, -0.15) is 0 Å². The van der Waals surface area contributed by atoms with Gasteiger partial charge in [0.05, 0.1) is 19.0 Å². The third kappa shape index (κ3) is 2.89. The van der Waals surface area contributed by atoms with Gasteiger partial charge in [0.1, 0.15) is 12.0 Å². The fourth-order valence-corrected chi connectivity index (χ4v) is 3.71. The lowest BCUT2D eigenvalue weighted by molar-refractivity contribution is 0.0678. The molecule has 4 rings (SSSR count). The first-order valence-corrected chi connectivity index (χ1v) is 8.93. The molecular weight excluding hydrogens is 346 g/mol. The molecule has 0 spiro atoms. The van der Waals surface area contributed by atoms with Gasteiger partial charge < -0.3 is 18.8 Å². The van der Waals surface area contributed by atoms with Gasteiger partial charge in [-0.25, -0.2) is 14.8 Å². The van der Waals surface area contributed by atoms with E-state index in [2.05, 4.69) is 35.9 Å². The number of carboxylic acids is 1. The molecule has 1 aromatic carbocycles. The lowest BCUT2D eigenvalue weighted by Gasteiger charge is -2.23. The maximum Gasteiger partial charge on any atom is 0.372 e. The van der Waals surface area contributed by atoms with Crippen molar-refractivity contribution < 1.29 is 19.1 Å². The number of carboxylic acid groups (broad SMARTS) is 1. The van der Waals surface area contributed by atoms with Gasteiger partial charge in [-0.3, -0.25) is 0 Å². The molecule has 0 amide bonds. The first-order chi connectivity index (χ1) is 13.0. The highest BCUT2D eigenvalue weighted by Crippen LogP contribution is 2.40. The lowest BCUT2D eigenvalue weighted by Crippen LogP contribution is -2.17.